The van der Waals surface area contributed by atoms with Gasteiger partial charge in [0.15, 0.2) is 12.2 Å². The molecular formula is C91H146O17P2. The molecular weight excluding hydrogens is 1430 g/mol. The van der Waals surface area contributed by atoms with Crippen molar-refractivity contribution in [2.24, 2.45) is 0 Å². The first-order valence-electron chi connectivity index (χ1n) is 41.7. The fourth-order valence-electron chi connectivity index (χ4n) is 10.3. The number of aliphatic hydroxyl groups is 1. The van der Waals surface area contributed by atoms with E-state index >= 15 is 0 Å². The third-order valence-electron chi connectivity index (χ3n) is 16.5. The monoisotopic (exact) mass is 1570 g/mol. The highest BCUT2D eigenvalue weighted by atomic mass is 31.2. The molecule has 17 nitrogen and oxygen atoms in total. The molecule has 0 aliphatic rings. The number of carbonyl (C=O) groups is 4. The molecule has 110 heavy (non-hydrogen) atoms. The van der Waals surface area contributed by atoms with Gasteiger partial charge in [-0.05, 0) is 180 Å². The number of hydrogen-bond acceptors (Lipinski definition) is 15. The minimum atomic E-state index is -5.01. The van der Waals surface area contributed by atoms with Crippen LogP contribution in [0.4, 0.5) is 0 Å². The zero-order valence-electron chi connectivity index (χ0n) is 68.1. The van der Waals surface area contributed by atoms with Crippen LogP contribution in [0.2, 0.25) is 0 Å². The van der Waals surface area contributed by atoms with E-state index in [9.17, 15) is 43.2 Å². The molecule has 5 atom stereocenters. The Hall–Kier alpha value is -6.10. The predicted octanol–water partition coefficient (Wildman–Crippen LogP) is 24.9. The van der Waals surface area contributed by atoms with Gasteiger partial charge in [-0.1, -0.05) is 286 Å². The number of ether oxygens (including phenoxy) is 4. The van der Waals surface area contributed by atoms with E-state index in [1.54, 1.807) is 0 Å². The Balaban J connectivity index is 5.50. The van der Waals surface area contributed by atoms with E-state index in [0.29, 0.717) is 38.5 Å². The third-order valence-corrected chi connectivity index (χ3v) is 18.4. The number of unbranched alkanes of at least 4 members (excludes halogenated alkanes) is 18. The maximum Gasteiger partial charge on any atom is 0.472 e. The van der Waals surface area contributed by atoms with Crippen molar-refractivity contribution in [3.63, 3.8) is 0 Å². The second kappa shape index (κ2) is 80.9. The van der Waals surface area contributed by atoms with E-state index < -0.39 is 97.5 Å². The smallest absolute Gasteiger partial charge is 0.462 e. The fourth-order valence-corrected chi connectivity index (χ4v) is 11.9. The molecule has 0 aromatic heterocycles. The molecule has 0 radical (unpaired) electrons. The molecule has 0 aromatic carbocycles. The molecule has 3 N–H and O–H groups in total. The number of rotatable bonds is 76. The molecule has 0 saturated carbocycles. The van der Waals surface area contributed by atoms with Crippen LogP contribution >= 0.6 is 15.6 Å². The lowest BCUT2D eigenvalue weighted by Gasteiger charge is -2.21. The molecule has 0 spiro atoms. The second-order valence-electron chi connectivity index (χ2n) is 26.9. The Bertz CT molecular complexity index is 2850. The lowest BCUT2D eigenvalue weighted by atomic mass is 10.1. The van der Waals surface area contributed by atoms with E-state index in [1.165, 1.54) is 19.3 Å². The highest BCUT2D eigenvalue weighted by Gasteiger charge is 2.30. The minimum Gasteiger partial charge on any atom is -0.462 e. The number of phosphoric ester groups is 2. The number of carbonyl (C=O) groups excluding carboxylic acids is 4. The standard InChI is InChI=1S/C91H146O17P2/c1-5-9-13-17-21-25-29-33-37-40-42-45-48-51-55-59-63-67-71-75-88(93)101-81-86(107-90(95)77-73-69-65-61-57-53-47-36-32-28-24-20-16-12-8-4)83-105-109(97,98)103-79-85(92)80-104-110(99,100)106-84-87(108-91(96)78-74-70-66-62-58-54-50-44-39-35-31-27-23-19-15-11-7-3)82-102-89(94)76-72-68-64-60-56-52-49-46-43-41-38-34-30-26-22-18-14-10-6-2/h9,11-13,15-16,21-28,33-39,42-43,45-47,50,54,57,61-62,66,85-87,92H,5-8,10,14,17-20,29-32,40-41,44,48-49,51-53,55-56,58-60,63-65,67-84H2,1-4H3,(H,97,98)(H,99,100)/b13-9-,15-11-,16-12-,25-21-,26-22-,27-23-,28-24-,37-33-,38-34-,39-35-,45-42-,46-43-,47-36-,54-50-,61-57-,66-62-. The van der Waals surface area contributed by atoms with Crippen LogP contribution in [0.1, 0.15) is 297 Å². The van der Waals surface area contributed by atoms with Crippen molar-refractivity contribution in [2.45, 2.75) is 316 Å². The molecule has 0 aliphatic carbocycles. The van der Waals surface area contributed by atoms with Gasteiger partial charge < -0.3 is 33.8 Å². The summed E-state index contributed by atoms with van der Waals surface area (Å²) in [6.45, 7) is 4.35. The van der Waals surface area contributed by atoms with Gasteiger partial charge in [-0.3, -0.25) is 37.3 Å². The number of hydrogen-bond donors (Lipinski definition) is 3. The molecule has 0 aliphatic heterocycles. The van der Waals surface area contributed by atoms with Gasteiger partial charge in [-0.15, -0.1) is 0 Å². The fraction of sp³-hybridized carbons (Fsp3) is 0.604. The quantitative estimate of drug-likeness (QED) is 0.0169. The van der Waals surface area contributed by atoms with E-state index in [-0.39, 0.29) is 25.7 Å². The average molecular weight is 1570 g/mol. The third kappa shape index (κ3) is 80.0. The van der Waals surface area contributed by atoms with Crippen LogP contribution in [0.5, 0.6) is 0 Å². The maximum atomic E-state index is 13.1. The van der Waals surface area contributed by atoms with Gasteiger partial charge >= 0.3 is 39.5 Å². The Labute approximate surface area is 666 Å². The summed E-state index contributed by atoms with van der Waals surface area (Å²) >= 11 is 0. The molecule has 0 fully saturated rings. The highest BCUT2D eigenvalue weighted by Crippen LogP contribution is 2.45. The summed E-state index contributed by atoms with van der Waals surface area (Å²) in [5, 5.41) is 10.7. The van der Waals surface area contributed by atoms with Crippen molar-refractivity contribution in [1.82, 2.24) is 0 Å². The van der Waals surface area contributed by atoms with Crippen LogP contribution in [0.3, 0.4) is 0 Å². The van der Waals surface area contributed by atoms with Crippen molar-refractivity contribution < 1.29 is 80.2 Å². The van der Waals surface area contributed by atoms with Crippen LogP contribution in [-0.4, -0.2) is 96.7 Å². The normalized spacial score (nSPS) is 14.8. The summed E-state index contributed by atoms with van der Waals surface area (Å²) in [4.78, 5) is 73.2. The van der Waals surface area contributed by atoms with Gasteiger partial charge in [0.25, 0.3) is 0 Å². The Morgan fingerprint density at radius 2 is 0.482 bits per heavy atom. The number of phosphoric acid groups is 2. The first-order chi connectivity index (χ1) is 53.7. The van der Waals surface area contributed by atoms with Gasteiger partial charge in [0.2, 0.25) is 0 Å². The van der Waals surface area contributed by atoms with Gasteiger partial charge in [-0.2, -0.15) is 0 Å². The summed E-state index contributed by atoms with van der Waals surface area (Å²) < 4.78 is 68.6. The van der Waals surface area contributed by atoms with Crippen molar-refractivity contribution >= 4 is 39.5 Å². The Morgan fingerprint density at radius 1 is 0.264 bits per heavy atom. The van der Waals surface area contributed by atoms with Crippen LogP contribution in [0, 0.1) is 0 Å². The van der Waals surface area contributed by atoms with Gasteiger partial charge in [0.05, 0.1) is 26.4 Å². The highest BCUT2D eigenvalue weighted by molar-refractivity contribution is 7.47. The van der Waals surface area contributed by atoms with Crippen LogP contribution in [-0.2, 0) is 65.4 Å². The number of aliphatic hydroxyl groups excluding tert-OH is 1. The molecule has 0 saturated heterocycles. The van der Waals surface area contributed by atoms with E-state index in [1.807, 2.05) is 12.2 Å². The molecule has 0 rings (SSSR count). The predicted molar refractivity (Wildman–Crippen MR) is 454 cm³/mol. The van der Waals surface area contributed by atoms with E-state index in [2.05, 4.69) is 210 Å². The minimum absolute atomic E-state index is 0.00495. The summed E-state index contributed by atoms with van der Waals surface area (Å²) in [5.41, 5.74) is 0. The van der Waals surface area contributed by atoms with E-state index in [0.717, 1.165) is 186 Å². The Morgan fingerprint density at radius 3 is 0.782 bits per heavy atom. The topological polar surface area (TPSA) is 237 Å². The van der Waals surface area contributed by atoms with E-state index in [4.69, 9.17) is 37.0 Å². The van der Waals surface area contributed by atoms with Crippen molar-refractivity contribution in [3.8, 4) is 0 Å². The summed E-state index contributed by atoms with van der Waals surface area (Å²) in [7, 11) is -10.0. The Kier molecular flexibility index (Phi) is 76.4. The zero-order chi connectivity index (χ0) is 80.3. The molecule has 0 amide bonds. The van der Waals surface area contributed by atoms with Crippen molar-refractivity contribution in [3.05, 3.63) is 194 Å². The summed E-state index contributed by atoms with van der Waals surface area (Å²) in [6.07, 6.45) is 99.8. The van der Waals surface area contributed by atoms with Gasteiger partial charge in [-0.25, -0.2) is 9.13 Å². The molecule has 19 heteroatoms. The van der Waals surface area contributed by atoms with Crippen LogP contribution in [0.15, 0.2) is 194 Å². The number of esters is 4. The molecule has 0 heterocycles. The molecule has 5 unspecified atom stereocenters. The second-order valence-corrected chi connectivity index (χ2v) is 29.8. The SMILES string of the molecule is CC/C=C\C/C=C\C/C=C\C/C=C\C/C=C\CCCC(=O)OC(COC(=O)CCCCCCCC/C=C\C/C=C\C/C=C\CCCCC)COP(=O)(O)OCC(O)COP(=O)(O)OCC(COC(=O)CCCCCCCC/C=C\C/C=C\C/C=C\C/C=C\CC)OC(=O)CCCC/C=C\C/C=C\C/C=C\C/C=C\CC. The summed E-state index contributed by atoms with van der Waals surface area (Å²) in [5.74, 6) is -2.34. The average Bonchev–Trinajstić information content (AvgIpc) is 0.906. The molecule has 622 valence electrons. The summed E-state index contributed by atoms with van der Waals surface area (Å²) in [6, 6.07) is 0. The largest absolute Gasteiger partial charge is 0.472 e. The molecule has 0 bridgehead atoms. The zero-order valence-corrected chi connectivity index (χ0v) is 69.9. The first kappa shape index (κ1) is 104. The van der Waals surface area contributed by atoms with Crippen molar-refractivity contribution in [2.75, 3.05) is 39.6 Å². The van der Waals surface area contributed by atoms with Gasteiger partial charge in [0, 0.05) is 25.7 Å². The lowest BCUT2D eigenvalue weighted by Crippen LogP contribution is -2.30. The van der Waals surface area contributed by atoms with Crippen LogP contribution < -0.4 is 0 Å². The first-order valence-corrected chi connectivity index (χ1v) is 44.7. The lowest BCUT2D eigenvalue weighted by molar-refractivity contribution is -0.161. The van der Waals surface area contributed by atoms with Crippen LogP contribution in [0.25, 0.3) is 0 Å². The van der Waals surface area contributed by atoms with Crippen molar-refractivity contribution in [1.29, 1.82) is 0 Å². The van der Waals surface area contributed by atoms with Gasteiger partial charge in [0.1, 0.15) is 19.3 Å². The number of allylic oxidation sites excluding steroid dienone is 32. The molecule has 0 aromatic rings. The maximum absolute atomic E-state index is 13.1.